The van der Waals surface area contributed by atoms with E-state index in [0.29, 0.717) is 26.5 Å². The van der Waals surface area contributed by atoms with Gasteiger partial charge in [-0.1, -0.05) is 6.07 Å². The molecule has 32 heavy (non-hydrogen) atoms. The number of nitrogens with zero attached hydrogens (tertiary/aromatic N) is 2. The summed E-state index contributed by atoms with van der Waals surface area (Å²) in [5, 5.41) is 1.58. The van der Waals surface area contributed by atoms with Gasteiger partial charge in [0.2, 0.25) is 0 Å². The van der Waals surface area contributed by atoms with E-state index in [1.165, 1.54) is 11.3 Å². The SMILES string of the molecule is Cc1ccc2nc(-c3ccc4nc(-c5ccc(N)cc5)sc4c3)sc2c1S(=O)(=O)O.[H-].[H-].[Na+].[Na+]. The Balaban J connectivity index is 0.00000144. The predicted molar refractivity (Wildman–Crippen MR) is 125 cm³/mol. The van der Waals surface area contributed by atoms with E-state index in [1.54, 1.807) is 30.4 Å². The molecule has 0 spiro atoms. The number of nitrogens with two attached hydrogens (primary N) is 1. The average Bonchev–Trinajstić information content (AvgIpc) is 3.30. The average molecular weight is 502 g/mol. The van der Waals surface area contributed by atoms with Crippen LogP contribution in [0.25, 0.3) is 41.6 Å². The van der Waals surface area contributed by atoms with Gasteiger partial charge in [-0.3, -0.25) is 4.55 Å². The maximum atomic E-state index is 11.9. The van der Waals surface area contributed by atoms with Gasteiger partial charge in [-0.25, -0.2) is 9.97 Å². The summed E-state index contributed by atoms with van der Waals surface area (Å²) in [5.74, 6) is 0. The van der Waals surface area contributed by atoms with E-state index in [9.17, 15) is 13.0 Å². The standard InChI is InChI=1S/C21H15N3O3S3.2Na.2H/c1-11-2-8-16-18(19(11)30(25,26)27)29-21(24-16)13-5-9-15-17(10-13)28-20(23-15)12-3-6-14(22)7-4-12;;;;/h2-10H,22H2,1H3,(H,25,26,27);;;;/q;2*+1;2*-1. The molecular formula is C21H17N3Na2O3S3. The van der Waals surface area contributed by atoms with Crippen molar-refractivity contribution in [3.8, 4) is 21.1 Å². The molecule has 0 aliphatic carbocycles. The zero-order chi connectivity index (χ0) is 21.0. The number of aromatic nitrogens is 2. The Labute approximate surface area is 240 Å². The summed E-state index contributed by atoms with van der Waals surface area (Å²) < 4.78 is 34.8. The van der Waals surface area contributed by atoms with Crippen LogP contribution in [-0.4, -0.2) is 22.9 Å². The van der Waals surface area contributed by atoms with Crippen LogP contribution in [0.1, 0.15) is 8.42 Å². The number of thiazole rings is 2. The molecule has 6 nitrogen and oxygen atoms in total. The van der Waals surface area contributed by atoms with E-state index in [0.717, 1.165) is 26.4 Å². The molecule has 0 saturated carbocycles. The minimum Gasteiger partial charge on any atom is -1.00 e. The first-order valence-corrected chi connectivity index (χ1v) is 12.0. The fraction of sp³-hybridized carbons (Fsp3) is 0.0476. The van der Waals surface area contributed by atoms with Gasteiger partial charge in [0, 0.05) is 16.8 Å². The monoisotopic (exact) mass is 501 g/mol. The second kappa shape index (κ2) is 9.79. The molecule has 3 aromatic carbocycles. The van der Waals surface area contributed by atoms with E-state index in [1.807, 2.05) is 42.5 Å². The first-order chi connectivity index (χ1) is 14.3. The first-order valence-electron chi connectivity index (χ1n) is 8.94. The summed E-state index contributed by atoms with van der Waals surface area (Å²) in [5.41, 5.74) is 10.3. The van der Waals surface area contributed by atoms with Crippen molar-refractivity contribution in [1.29, 1.82) is 0 Å². The van der Waals surface area contributed by atoms with Crippen molar-refractivity contribution in [3.63, 3.8) is 0 Å². The van der Waals surface area contributed by atoms with E-state index in [-0.39, 0.29) is 66.9 Å². The molecule has 0 saturated heterocycles. The Morgan fingerprint density at radius 2 is 1.47 bits per heavy atom. The Hall–Kier alpha value is -0.850. The zero-order valence-electron chi connectivity index (χ0n) is 19.7. The Kier molecular flexibility index (Phi) is 7.88. The number of benzene rings is 3. The van der Waals surface area contributed by atoms with Crippen LogP contribution in [0.15, 0.2) is 59.5 Å². The summed E-state index contributed by atoms with van der Waals surface area (Å²) in [6, 6.07) is 16.9. The van der Waals surface area contributed by atoms with Gasteiger partial charge in [-0.2, -0.15) is 8.42 Å². The number of rotatable bonds is 3. The number of hydrogen-bond acceptors (Lipinski definition) is 7. The van der Waals surface area contributed by atoms with Crippen LogP contribution in [0.2, 0.25) is 0 Å². The van der Waals surface area contributed by atoms with E-state index in [4.69, 9.17) is 10.7 Å². The fourth-order valence-electron chi connectivity index (χ4n) is 3.32. The Morgan fingerprint density at radius 1 is 0.875 bits per heavy atom. The number of hydrogen-bond donors (Lipinski definition) is 2. The molecule has 0 amide bonds. The van der Waals surface area contributed by atoms with Crippen LogP contribution in [0.3, 0.4) is 0 Å². The summed E-state index contributed by atoms with van der Waals surface area (Å²) in [4.78, 5) is 9.21. The topological polar surface area (TPSA) is 106 Å². The third kappa shape index (κ3) is 4.83. The van der Waals surface area contributed by atoms with E-state index >= 15 is 0 Å². The van der Waals surface area contributed by atoms with Crippen LogP contribution in [0.5, 0.6) is 0 Å². The molecule has 0 atom stereocenters. The van der Waals surface area contributed by atoms with Crippen LogP contribution >= 0.6 is 22.7 Å². The van der Waals surface area contributed by atoms with Crippen molar-refractivity contribution in [2.75, 3.05) is 5.73 Å². The van der Waals surface area contributed by atoms with Crippen LogP contribution in [0, 0.1) is 6.92 Å². The molecule has 154 valence electrons. The zero-order valence-corrected chi connectivity index (χ0v) is 24.1. The second-order valence-corrected chi connectivity index (χ2v) is 10.3. The van der Waals surface area contributed by atoms with Crippen molar-refractivity contribution in [2.45, 2.75) is 11.8 Å². The molecule has 2 heterocycles. The van der Waals surface area contributed by atoms with Gasteiger partial charge in [-0.15, -0.1) is 22.7 Å². The number of aryl methyl sites for hydroxylation is 1. The summed E-state index contributed by atoms with van der Waals surface area (Å²) in [6.45, 7) is 1.66. The Morgan fingerprint density at radius 3 is 2.16 bits per heavy atom. The Bertz CT molecular complexity index is 1560. The van der Waals surface area contributed by atoms with Crippen molar-refractivity contribution in [3.05, 3.63) is 60.2 Å². The van der Waals surface area contributed by atoms with Gasteiger partial charge in [-0.05, 0) is 61.0 Å². The van der Waals surface area contributed by atoms with Gasteiger partial charge < -0.3 is 8.59 Å². The van der Waals surface area contributed by atoms with Crippen molar-refractivity contribution < 1.29 is 74.9 Å². The minimum atomic E-state index is -4.34. The number of fused-ring (bicyclic) bond motifs is 2. The van der Waals surface area contributed by atoms with Gasteiger partial charge in [0.25, 0.3) is 10.1 Å². The van der Waals surface area contributed by atoms with E-state index < -0.39 is 10.1 Å². The molecule has 3 N–H and O–H groups in total. The van der Waals surface area contributed by atoms with Gasteiger partial charge in [0.1, 0.15) is 14.9 Å². The molecule has 2 aromatic heterocycles. The van der Waals surface area contributed by atoms with Gasteiger partial charge in [0.15, 0.2) is 0 Å². The molecule has 0 aliphatic rings. The molecule has 0 bridgehead atoms. The van der Waals surface area contributed by atoms with Crippen molar-refractivity contribution >= 4 is 58.9 Å². The molecule has 5 rings (SSSR count). The smallest absolute Gasteiger partial charge is 1.00 e. The van der Waals surface area contributed by atoms with Gasteiger partial charge in [0.05, 0.1) is 20.4 Å². The molecule has 11 heteroatoms. The van der Waals surface area contributed by atoms with Crippen molar-refractivity contribution in [1.82, 2.24) is 9.97 Å². The summed E-state index contributed by atoms with van der Waals surface area (Å²) in [6.07, 6.45) is 0. The minimum absolute atomic E-state index is 0. The second-order valence-electron chi connectivity index (χ2n) is 6.88. The summed E-state index contributed by atoms with van der Waals surface area (Å²) in [7, 11) is -4.34. The predicted octanol–water partition coefficient (Wildman–Crippen LogP) is -0.390. The number of nitrogen functional groups attached to an aromatic ring is 1. The normalized spacial score (nSPS) is 11.3. The number of anilines is 1. The van der Waals surface area contributed by atoms with E-state index in [2.05, 4.69) is 4.98 Å². The summed E-state index contributed by atoms with van der Waals surface area (Å²) >= 11 is 2.82. The molecular weight excluding hydrogens is 484 g/mol. The quantitative estimate of drug-likeness (QED) is 0.198. The molecule has 0 radical (unpaired) electrons. The largest absolute Gasteiger partial charge is 1.00 e. The maximum absolute atomic E-state index is 11.9. The maximum Gasteiger partial charge on any atom is 1.00 e. The van der Waals surface area contributed by atoms with Crippen LogP contribution < -0.4 is 64.8 Å². The fourth-order valence-corrected chi connectivity index (χ4v) is 6.64. The third-order valence-corrected chi connectivity index (χ3v) is 8.14. The molecule has 0 aliphatic heterocycles. The molecule has 5 aromatic rings. The third-order valence-electron chi connectivity index (χ3n) is 4.76. The van der Waals surface area contributed by atoms with Gasteiger partial charge >= 0.3 is 59.1 Å². The van der Waals surface area contributed by atoms with Crippen LogP contribution in [0.4, 0.5) is 5.69 Å². The van der Waals surface area contributed by atoms with Crippen molar-refractivity contribution in [2.24, 2.45) is 0 Å². The van der Waals surface area contributed by atoms with Crippen LogP contribution in [-0.2, 0) is 10.1 Å². The molecule has 0 unspecified atom stereocenters. The first kappa shape index (κ1) is 25.8. The molecule has 0 fully saturated rings.